The van der Waals surface area contributed by atoms with Crippen LogP contribution in [0.5, 0.6) is 0 Å². The van der Waals surface area contributed by atoms with Gasteiger partial charge < -0.3 is 5.11 Å². The number of hydrogen-bond donors (Lipinski definition) is 1. The molecule has 1 fully saturated rings. The van der Waals surface area contributed by atoms with Gasteiger partial charge in [-0.1, -0.05) is 0 Å². The van der Waals surface area contributed by atoms with Crippen LogP contribution >= 0.6 is 0 Å². The molecule has 6 heavy (non-hydrogen) atoms. The van der Waals surface area contributed by atoms with E-state index >= 15 is 0 Å². The number of aliphatic hydroxyl groups is 1. The van der Waals surface area contributed by atoms with E-state index in [4.69, 9.17) is 5.11 Å². The van der Waals surface area contributed by atoms with Crippen molar-refractivity contribution in [2.75, 3.05) is 0 Å². The summed E-state index contributed by atoms with van der Waals surface area (Å²) in [6, 6.07) is 0. The minimum atomic E-state index is -0.204. The molecule has 0 bridgehead atoms. The smallest absolute Gasteiger partial charge is 0.0603 e. The first-order valence-corrected chi connectivity index (χ1v) is 2.24. The zero-order valence-electron chi connectivity index (χ0n) is 3.59. The summed E-state index contributed by atoms with van der Waals surface area (Å²) in [5.74, 6) is 0. The second kappa shape index (κ2) is 1.61. The molecule has 1 heteroatoms. The van der Waals surface area contributed by atoms with Crippen LogP contribution in [0.2, 0.25) is 0 Å². The van der Waals surface area contributed by atoms with Crippen LogP contribution in [0.3, 0.4) is 0 Å². The molecule has 2 radical (unpaired) electrons. The number of rotatable bonds is 0. The third-order valence-corrected chi connectivity index (χ3v) is 0.983. The summed E-state index contributed by atoms with van der Waals surface area (Å²) in [6.07, 6.45) is 5.72. The molecule has 1 nitrogen and oxygen atoms in total. The molecular formula is C5H8O. The van der Waals surface area contributed by atoms with Crippen LogP contribution in [0.1, 0.15) is 12.8 Å². The van der Waals surface area contributed by atoms with E-state index in [2.05, 4.69) is 0 Å². The van der Waals surface area contributed by atoms with Gasteiger partial charge in [0.2, 0.25) is 0 Å². The summed E-state index contributed by atoms with van der Waals surface area (Å²) >= 11 is 0. The van der Waals surface area contributed by atoms with Gasteiger partial charge in [0.25, 0.3) is 0 Å². The van der Waals surface area contributed by atoms with Crippen molar-refractivity contribution >= 4 is 0 Å². The Morgan fingerprint density at radius 3 is 2.00 bits per heavy atom. The van der Waals surface area contributed by atoms with Crippen LogP contribution in [0.25, 0.3) is 0 Å². The predicted octanol–water partition coefficient (Wildman–Crippen LogP) is 0.550. The van der Waals surface area contributed by atoms with Crippen LogP contribution in [0.4, 0.5) is 0 Å². The Kier molecular flexibility index (Phi) is 1.10. The fourth-order valence-electron chi connectivity index (χ4n) is 0.630. The summed E-state index contributed by atoms with van der Waals surface area (Å²) in [4.78, 5) is 0. The summed E-state index contributed by atoms with van der Waals surface area (Å²) in [6.45, 7) is 0. The van der Waals surface area contributed by atoms with E-state index in [9.17, 15) is 0 Å². The average Bonchev–Trinajstić information content (AvgIpc) is 1.86. The minimum absolute atomic E-state index is 0.204. The second-order valence-electron chi connectivity index (χ2n) is 1.54. The maximum Gasteiger partial charge on any atom is 0.0603 e. The molecule has 0 spiro atoms. The van der Waals surface area contributed by atoms with Gasteiger partial charge in [-0.25, -0.2) is 0 Å². The van der Waals surface area contributed by atoms with Gasteiger partial charge in [0.1, 0.15) is 0 Å². The Morgan fingerprint density at radius 2 is 1.83 bits per heavy atom. The lowest BCUT2D eigenvalue weighted by atomic mass is 10.3. The monoisotopic (exact) mass is 84.1 g/mol. The van der Waals surface area contributed by atoms with Crippen LogP contribution < -0.4 is 0 Å². The van der Waals surface area contributed by atoms with E-state index in [0.29, 0.717) is 0 Å². The van der Waals surface area contributed by atoms with E-state index in [1.165, 1.54) is 0 Å². The lowest BCUT2D eigenvalue weighted by Gasteiger charge is -1.90. The Bertz CT molecular complexity index is 37.2. The maximum absolute atomic E-state index is 8.62. The lowest BCUT2D eigenvalue weighted by Crippen LogP contribution is -1.96. The molecule has 0 aromatic heterocycles. The normalized spacial score (nSPS) is 25.5. The van der Waals surface area contributed by atoms with E-state index < -0.39 is 0 Å². The highest BCUT2D eigenvalue weighted by Crippen LogP contribution is 2.13. The van der Waals surface area contributed by atoms with Crippen LogP contribution in [0, 0.1) is 12.8 Å². The maximum atomic E-state index is 8.62. The van der Waals surface area contributed by atoms with Crippen molar-refractivity contribution in [2.24, 2.45) is 0 Å². The quantitative estimate of drug-likeness (QED) is 0.454. The highest BCUT2D eigenvalue weighted by atomic mass is 16.3. The van der Waals surface area contributed by atoms with Crippen LogP contribution in [-0.4, -0.2) is 11.2 Å². The van der Waals surface area contributed by atoms with Gasteiger partial charge in [-0.05, 0) is 25.7 Å². The van der Waals surface area contributed by atoms with Crippen molar-refractivity contribution < 1.29 is 5.11 Å². The molecule has 1 saturated carbocycles. The fraction of sp³-hybridized carbons (Fsp3) is 0.600. The molecule has 0 saturated heterocycles. The van der Waals surface area contributed by atoms with E-state index in [0.717, 1.165) is 12.8 Å². The topological polar surface area (TPSA) is 20.2 Å². The van der Waals surface area contributed by atoms with Gasteiger partial charge >= 0.3 is 0 Å². The first-order valence-electron chi connectivity index (χ1n) is 2.24. The summed E-state index contributed by atoms with van der Waals surface area (Å²) in [5, 5.41) is 8.62. The van der Waals surface area contributed by atoms with E-state index in [1.807, 2.05) is 12.8 Å². The Hall–Kier alpha value is -0.0400. The molecule has 0 aliphatic heterocycles. The van der Waals surface area contributed by atoms with Gasteiger partial charge in [0.15, 0.2) is 0 Å². The van der Waals surface area contributed by atoms with Gasteiger partial charge in [-0.2, -0.15) is 0 Å². The molecule has 1 N–H and O–H groups in total. The molecule has 0 aromatic carbocycles. The molecule has 1 rings (SSSR count). The Morgan fingerprint density at radius 1 is 1.33 bits per heavy atom. The number of hydrogen-bond acceptors (Lipinski definition) is 1. The molecular weight excluding hydrogens is 76.1 g/mol. The molecule has 0 unspecified atom stereocenters. The van der Waals surface area contributed by atoms with Crippen molar-refractivity contribution in [3.05, 3.63) is 12.8 Å². The fourth-order valence-corrected chi connectivity index (χ4v) is 0.630. The van der Waals surface area contributed by atoms with Crippen molar-refractivity contribution in [3.8, 4) is 0 Å². The molecule has 0 aromatic rings. The van der Waals surface area contributed by atoms with Crippen molar-refractivity contribution in [1.29, 1.82) is 0 Å². The van der Waals surface area contributed by atoms with Gasteiger partial charge in [-0.3, -0.25) is 0 Å². The van der Waals surface area contributed by atoms with Crippen molar-refractivity contribution in [3.63, 3.8) is 0 Å². The van der Waals surface area contributed by atoms with Crippen LogP contribution in [0.15, 0.2) is 0 Å². The zero-order valence-corrected chi connectivity index (χ0v) is 3.59. The Labute approximate surface area is 38.0 Å². The Balaban J connectivity index is 2.18. The highest BCUT2D eigenvalue weighted by Gasteiger charge is 2.10. The standard InChI is InChI=1S/C5H8O/c6-5-3-1-2-4-5/h3-6H,1-2H2. The molecule has 0 heterocycles. The third-order valence-electron chi connectivity index (χ3n) is 0.983. The minimum Gasteiger partial charge on any atom is -0.393 e. The summed E-state index contributed by atoms with van der Waals surface area (Å²) in [5.41, 5.74) is 0. The number of aliphatic hydroxyl groups excluding tert-OH is 1. The SMILES string of the molecule is OC1[CH]CC[CH]1. The summed E-state index contributed by atoms with van der Waals surface area (Å²) < 4.78 is 0. The zero-order chi connectivity index (χ0) is 4.41. The molecule has 1 aliphatic carbocycles. The molecule has 0 amide bonds. The first kappa shape index (κ1) is 4.13. The van der Waals surface area contributed by atoms with Gasteiger partial charge in [0.05, 0.1) is 6.10 Å². The molecule has 1 aliphatic rings. The third kappa shape index (κ3) is 0.716. The first-order chi connectivity index (χ1) is 2.89. The van der Waals surface area contributed by atoms with Crippen LogP contribution in [-0.2, 0) is 0 Å². The second-order valence-corrected chi connectivity index (χ2v) is 1.54. The largest absolute Gasteiger partial charge is 0.393 e. The van der Waals surface area contributed by atoms with E-state index in [-0.39, 0.29) is 6.10 Å². The predicted molar refractivity (Wildman–Crippen MR) is 23.8 cm³/mol. The van der Waals surface area contributed by atoms with Gasteiger partial charge in [0, 0.05) is 0 Å². The highest BCUT2D eigenvalue weighted by molar-refractivity contribution is 4.95. The molecule has 0 atom stereocenters. The van der Waals surface area contributed by atoms with E-state index in [1.54, 1.807) is 0 Å². The van der Waals surface area contributed by atoms with Crippen molar-refractivity contribution in [1.82, 2.24) is 0 Å². The lowest BCUT2D eigenvalue weighted by molar-refractivity contribution is 0.249. The summed E-state index contributed by atoms with van der Waals surface area (Å²) in [7, 11) is 0. The van der Waals surface area contributed by atoms with Gasteiger partial charge in [-0.15, -0.1) is 0 Å². The molecule has 34 valence electrons. The van der Waals surface area contributed by atoms with Crippen molar-refractivity contribution in [2.45, 2.75) is 18.9 Å². The average molecular weight is 84.1 g/mol.